The molecule has 1 unspecified atom stereocenters. The highest BCUT2D eigenvalue weighted by Crippen LogP contribution is 2.18. The van der Waals surface area contributed by atoms with E-state index >= 15 is 0 Å². The standard InChI is InChI=1S/C17H37NO3S/c1-3-5-6-7-8-9-10-11-12-14-17(4-2)22(19,20)21-16-13-15-18/h17H,3-16,18H2,1-2H3. The summed E-state index contributed by atoms with van der Waals surface area (Å²) in [6, 6.07) is 0. The van der Waals surface area contributed by atoms with E-state index in [0.717, 1.165) is 19.3 Å². The first kappa shape index (κ1) is 21.9. The van der Waals surface area contributed by atoms with E-state index in [-0.39, 0.29) is 11.9 Å². The van der Waals surface area contributed by atoms with Crippen LogP contribution < -0.4 is 5.73 Å². The lowest BCUT2D eigenvalue weighted by Gasteiger charge is -2.15. The second kappa shape index (κ2) is 14.5. The molecular formula is C17H37NO3S. The molecule has 1 atom stereocenters. The van der Waals surface area contributed by atoms with Gasteiger partial charge in [0.25, 0.3) is 10.1 Å². The van der Waals surface area contributed by atoms with Crippen LogP contribution in [0.4, 0.5) is 0 Å². The van der Waals surface area contributed by atoms with Crippen LogP contribution in [0.5, 0.6) is 0 Å². The van der Waals surface area contributed by atoms with Crippen LogP contribution in [0.2, 0.25) is 0 Å². The zero-order valence-electron chi connectivity index (χ0n) is 14.7. The van der Waals surface area contributed by atoms with Crippen molar-refractivity contribution in [2.75, 3.05) is 13.2 Å². The maximum Gasteiger partial charge on any atom is 0.270 e. The van der Waals surface area contributed by atoms with Crippen molar-refractivity contribution >= 4 is 10.1 Å². The summed E-state index contributed by atoms with van der Waals surface area (Å²) in [6.07, 6.45) is 13.2. The Morgan fingerprint density at radius 1 is 0.864 bits per heavy atom. The summed E-state index contributed by atoms with van der Waals surface area (Å²) in [5, 5.41) is -0.352. The van der Waals surface area contributed by atoms with E-state index in [1.54, 1.807) is 0 Å². The molecule has 4 nitrogen and oxygen atoms in total. The maximum atomic E-state index is 12.0. The normalized spacial score (nSPS) is 13.4. The second-order valence-electron chi connectivity index (χ2n) is 6.10. The first-order valence-electron chi connectivity index (χ1n) is 9.16. The minimum absolute atomic E-state index is 0.215. The number of unbranched alkanes of at least 4 members (excludes halogenated alkanes) is 8. The van der Waals surface area contributed by atoms with E-state index in [0.29, 0.717) is 19.4 Å². The molecule has 134 valence electrons. The van der Waals surface area contributed by atoms with Crippen LogP contribution in [0, 0.1) is 0 Å². The van der Waals surface area contributed by atoms with E-state index < -0.39 is 10.1 Å². The Bertz CT molecular complexity index is 331. The topological polar surface area (TPSA) is 69.4 Å². The van der Waals surface area contributed by atoms with E-state index in [9.17, 15) is 8.42 Å². The molecule has 0 aliphatic carbocycles. The molecule has 0 aromatic rings. The van der Waals surface area contributed by atoms with Gasteiger partial charge in [-0.2, -0.15) is 8.42 Å². The molecule has 0 aliphatic rings. The zero-order chi connectivity index (χ0) is 16.7. The molecule has 0 saturated carbocycles. The molecule has 2 N–H and O–H groups in total. The fourth-order valence-electron chi connectivity index (χ4n) is 2.59. The maximum absolute atomic E-state index is 12.0. The SMILES string of the molecule is CCCCCCCCCCCC(CC)S(=O)(=O)OCCCN. The van der Waals surface area contributed by atoms with Gasteiger partial charge in [-0.3, -0.25) is 4.18 Å². The second-order valence-corrected chi connectivity index (χ2v) is 7.99. The number of hydrogen-bond acceptors (Lipinski definition) is 4. The van der Waals surface area contributed by atoms with Gasteiger partial charge in [-0.15, -0.1) is 0 Å². The van der Waals surface area contributed by atoms with Crippen LogP contribution in [-0.2, 0) is 14.3 Å². The predicted octanol–water partition coefficient (Wildman–Crippen LogP) is 4.38. The van der Waals surface area contributed by atoms with E-state index in [4.69, 9.17) is 9.92 Å². The van der Waals surface area contributed by atoms with E-state index in [2.05, 4.69) is 6.92 Å². The average Bonchev–Trinajstić information content (AvgIpc) is 2.49. The molecule has 0 radical (unpaired) electrons. The summed E-state index contributed by atoms with van der Waals surface area (Å²) in [5.74, 6) is 0. The summed E-state index contributed by atoms with van der Waals surface area (Å²) in [5.41, 5.74) is 5.36. The van der Waals surface area contributed by atoms with Crippen molar-refractivity contribution in [3.05, 3.63) is 0 Å². The fourth-order valence-corrected chi connectivity index (χ4v) is 4.00. The van der Waals surface area contributed by atoms with E-state index in [1.807, 2.05) is 6.92 Å². The summed E-state index contributed by atoms with van der Waals surface area (Å²) in [4.78, 5) is 0. The monoisotopic (exact) mass is 335 g/mol. The lowest BCUT2D eigenvalue weighted by Crippen LogP contribution is -2.24. The molecule has 0 bridgehead atoms. The van der Waals surface area contributed by atoms with Crippen LogP contribution in [0.25, 0.3) is 0 Å². The molecule has 22 heavy (non-hydrogen) atoms. The molecule has 0 amide bonds. The highest BCUT2D eigenvalue weighted by Gasteiger charge is 2.23. The van der Waals surface area contributed by atoms with Gasteiger partial charge in [0.15, 0.2) is 0 Å². The first-order chi connectivity index (χ1) is 10.6. The van der Waals surface area contributed by atoms with Gasteiger partial charge < -0.3 is 5.73 Å². The molecular weight excluding hydrogens is 298 g/mol. The molecule has 0 rings (SSSR count). The minimum Gasteiger partial charge on any atom is -0.330 e. The predicted molar refractivity (Wildman–Crippen MR) is 94.5 cm³/mol. The molecule has 0 fully saturated rings. The summed E-state index contributed by atoms with van der Waals surface area (Å²) >= 11 is 0. The highest BCUT2D eigenvalue weighted by molar-refractivity contribution is 7.87. The molecule has 0 spiro atoms. The summed E-state index contributed by atoms with van der Waals surface area (Å²) < 4.78 is 29.1. The van der Waals surface area contributed by atoms with Crippen LogP contribution >= 0.6 is 0 Å². The average molecular weight is 336 g/mol. The Kier molecular flexibility index (Phi) is 14.4. The molecule has 0 aromatic heterocycles. The van der Waals surface area contributed by atoms with Crippen LogP contribution in [0.3, 0.4) is 0 Å². The fraction of sp³-hybridized carbons (Fsp3) is 1.00. The van der Waals surface area contributed by atoms with Gasteiger partial charge in [-0.25, -0.2) is 0 Å². The first-order valence-corrected chi connectivity index (χ1v) is 10.6. The van der Waals surface area contributed by atoms with Gasteiger partial charge >= 0.3 is 0 Å². The van der Waals surface area contributed by atoms with Crippen molar-refractivity contribution in [1.29, 1.82) is 0 Å². The van der Waals surface area contributed by atoms with Crippen molar-refractivity contribution in [3.63, 3.8) is 0 Å². The summed E-state index contributed by atoms with van der Waals surface area (Å²) in [7, 11) is -3.41. The van der Waals surface area contributed by atoms with Gasteiger partial charge in [0, 0.05) is 0 Å². The molecule has 0 aromatic carbocycles. The minimum atomic E-state index is -3.41. The van der Waals surface area contributed by atoms with Gasteiger partial charge in [-0.05, 0) is 25.8 Å². The van der Waals surface area contributed by atoms with Crippen LogP contribution in [0.15, 0.2) is 0 Å². The van der Waals surface area contributed by atoms with Gasteiger partial charge in [0.2, 0.25) is 0 Å². The number of rotatable bonds is 16. The molecule has 0 heterocycles. The molecule has 0 aliphatic heterocycles. The Hall–Kier alpha value is -0.130. The third-order valence-corrected chi connectivity index (χ3v) is 5.97. The third kappa shape index (κ3) is 11.4. The van der Waals surface area contributed by atoms with Gasteiger partial charge in [0.1, 0.15) is 0 Å². The van der Waals surface area contributed by atoms with Crippen molar-refractivity contribution in [2.24, 2.45) is 5.73 Å². The Morgan fingerprint density at radius 2 is 1.41 bits per heavy atom. The van der Waals surface area contributed by atoms with Crippen molar-refractivity contribution in [2.45, 2.75) is 96.1 Å². The molecule has 0 saturated heterocycles. The van der Waals surface area contributed by atoms with Crippen molar-refractivity contribution < 1.29 is 12.6 Å². The largest absolute Gasteiger partial charge is 0.330 e. The van der Waals surface area contributed by atoms with Gasteiger partial charge in [-0.1, -0.05) is 71.6 Å². The Balaban J connectivity index is 3.72. The van der Waals surface area contributed by atoms with Crippen LogP contribution in [-0.4, -0.2) is 26.8 Å². The van der Waals surface area contributed by atoms with Crippen molar-refractivity contribution in [3.8, 4) is 0 Å². The molecule has 5 heteroatoms. The smallest absolute Gasteiger partial charge is 0.270 e. The number of hydrogen-bond donors (Lipinski definition) is 1. The quantitative estimate of drug-likeness (QED) is 0.336. The Labute approximate surface area is 138 Å². The lowest BCUT2D eigenvalue weighted by atomic mass is 10.1. The lowest BCUT2D eigenvalue weighted by molar-refractivity contribution is 0.305. The van der Waals surface area contributed by atoms with E-state index in [1.165, 1.54) is 44.9 Å². The van der Waals surface area contributed by atoms with Gasteiger partial charge in [0.05, 0.1) is 11.9 Å². The van der Waals surface area contributed by atoms with Crippen molar-refractivity contribution in [1.82, 2.24) is 0 Å². The highest BCUT2D eigenvalue weighted by atomic mass is 32.2. The summed E-state index contributed by atoms with van der Waals surface area (Å²) in [6.45, 7) is 4.83. The Morgan fingerprint density at radius 3 is 1.91 bits per heavy atom. The third-order valence-electron chi connectivity index (χ3n) is 4.09. The zero-order valence-corrected chi connectivity index (χ0v) is 15.5. The van der Waals surface area contributed by atoms with Crippen LogP contribution in [0.1, 0.15) is 90.9 Å². The number of nitrogens with two attached hydrogens (primary N) is 1.